The van der Waals surface area contributed by atoms with Gasteiger partial charge in [0.05, 0.1) is 0 Å². The molecule has 2 aliphatic carbocycles. The van der Waals surface area contributed by atoms with Crippen LogP contribution in [-0.4, -0.2) is 53.1 Å². The standard InChI is InChI=1S/C29H38FN3O4S/c30-16-23(31)18-6-8-19(9-7-18)28(35)33-13-12-22(17-4-2-1-3-5-17)26(33)27(34)32-21-10-11-24-20(14-21)15-25(38-24)29(36)37/h10-11,14-15,17-19,22-23,26H,1-9,12-13,16,31H2,(H,32,34)(H,36,37)/t18-,19-,22-,23+,26-/m0/s1. The predicted octanol–water partition coefficient (Wildman–Crippen LogP) is 5.44. The zero-order valence-electron chi connectivity index (χ0n) is 21.7. The number of carboxylic acids is 1. The Kier molecular flexibility index (Phi) is 8.33. The van der Waals surface area contributed by atoms with E-state index >= 15 is 0 Å². The van der Waals surface area contributed by atoms with Gasteiger partial charge in [-0.2, -0.15) is 0 Å². The molecule has 1 aromatic carbocycles. The summed E-state index contributed by atoms with van der Waals surface area (Å²) in [6.45, 7) is 0.0586. The minimum absolute atomic E-state index is 0.0510. The fourth-order valence-electron chi connectivity index (χ4n) is 7.05. The fourth-order valence-corrected chi connectivity index (χ4v) is 7.93. The van der Waals surface area contributed by atoms with E-state index < -0.39 is 24.7 Å². The second-order valence-corrected chi connectivity index (χ2v) is 12.5. The van der Waals surface area contributed by atoms with Crippen molar-refractivity contribution in [2.45, 2.75) is 76.3 Å². The van der Waals surface area contributed by atoms with Crippen LogP contribution in [0.4, 0.5) is 10.1 Å². The number of fused-ring (bicyclic) bond motifs is 1. The van der Waals surface area contributed by atoms with Crippen molar-refractivity contribution < 1.29 is 23.9 Å². The normalized spacial score (nSPS) is 27.4. The molecule has 1 saturated heterocycles. The molecule has 9 heteroatoms. The van der Waals surface area contributed by atoms with Crippen molar-refractivity contribution in [1.82, 2.24) is 4.90 Å². The third kappa shape index (κ3) is 5.59. The third-order valence-electron chi connectivity index (χ3n) is 9.15. The molecule has 2 heterocycles. The van der Waals surface area contributed by atoms with Crippen LogP contribution in [0.3, 0.4) is 0 Å². The van der Waals surface area contributed by atoms with E-state index in [1.165, 1.54) is 30.6 Å². The van der Waals surface area contributed by atoms with Crippen LogP contribution >= 0.6 is 11.3 Å². The Labute approximate surface area is 226 Å². The maximum atomic E-state index is 13.8. The van der Waals surface area contributed by atoms with Crippen molar-refractivity contribution in [3.63, 3.8) is 0 Å². The Bertz CT molecular complexity index is 1170. The summed E-state index contributed by atoms with van der Waals surface area (Å²) >= 11 is 1.21. The van der Waals surface area contributed by atoms with Crippen molar-refractivity contribution in [3.8, 4) is 0 Å². The first-order valence-corrected chi connectivity index (χ1v) is 14.9. The van der Waals surface area contributed by atoms with Crippen LogP contribution in [0.1, 0.15) is 73.9 Å². The first-order chi connectivity index (χ1) is 18.4. The first kappa shape index (κ1) is 27.1. The number of halogens is 1. The summed E-state index contributed by atoms with van der Waals surface area (Å²) in [7, 11) is 0. The van der Waals surface area contributed by atoms with E-state index in [9.17, 15) is 23.9 Å². The van der Waals surface area contributed by atoms with Gasteiger partial charge in [0, 0.05) is 28.9 Å². The SMILES string of the molecule is N[C@H](CF)[C@H]1CC[C@H](C(=O)N2CC[C@@H](C3CCCCC3)[C@H]2C(=O)Nc2ccc3sc(C(=O)O)cc3c2)CC1. The maximum absolute atomic E-state index is 13.8. The largest absolute Gasteiger partial charge is 0.477 e. The first-order valence-electron chi connectivity index (χ1n) is 14.1. The number of anilines is 1. The van der Waals surface area contributed by atoms with Crippen molar-refractivity contribution in [3.05, 3.63) is 29.1 Å². The lowest BCUT2D eigenvalue weighted by Gasteiger charge is -2.36. The number of aromatic carboxylic acids is 1. The number of hydrogen-bond donors (Lipinski definition) is 3. The van der Waals surface area contributed by atoms with Gasteiger partial charge >= 0.3 is 5.97 Å². The van der Waals surface area contributed by atoms with E-state index in [-0.39, 0.29) is 34.4 Å². The number of carbonyl (C=O) groups excluding carboxylic acids is 2. The van der Waals surface area contributed by atoms with Gasteiger partial charge in [0.1, 0.15) is 17.6 Å². The van der Waals surface area contributed by atoms with Gasteiger partial charge in [0.15, 0.2) is 0 Å². The number of nitrogens with two attached hydrogens (primary N) is 1. The van der Waals surface area contributed by atoms with Gasteiger partial charge in [0.25, 0.3) is 0 Å². The van der Waals surface area contributed by atoms with E-state index in [2.05, 4.69) is 5.32 Å². The van der Waals surface area contributed by atoms with Gasteiger partial charge in [-0.15, -0.1) is 11.3 Å². The maximum Gasteiger partial charge on any atom is 0.345 e. The average Bonchev–Trinajstić information content (AvgIpc) is 3.58. The summed E-state index contributed by atoms with van der Waals surface area (Å²) < 4.78 is 13.9. The van der Waals surface area contributed by atoms with Crippen molar-refractivity contribution in [1.29, 1.82) is 0 Å². The number of thiophene rings is 1. The van der Waals surface area contributed by atoms with E-state index in [1.54, 1.807) is 12.1 Å². The molecule has 5 rings (SSSR count). The van der Waals surface area contributed by atoms with Crippen molar-refractivity contribution >= 4 is 44.9 Å². The Morgan fingerprint density at radius 3 is 2.47 bits per heavy atom. The minimum atomic E-state index is -0.965. The number of likely N-dealkylation sites (tertiary alicyclic amines) is 1. The number of carboxylic acid groups (broad SMARTS) is 1. The smallest absolute Gasteiger partial charge is 0.345 e. The van der Waals surface area contributed by atoms with E-state index in [0.29, 0.717) is 31.0 Å². The molecule has 2 saturated carbocycles. The molecule has 1 aliphatic heterocycles. The van der Waals surface area contributed by atoms with Gasteiger partial charge in [0.2, 0.25) is 11.8 Å². The van der Waals surface area contributed by atoms with Crippen LogP contribution in [-0.2, 0) is 9.59 Å². The van der Waals surface area contributed by atoms with Crippen LogP contribution < -0.4 is 11.1 Å². The molecule has 3 atom stereocenters. The van der Waals surface area contributed by atoms with Crippen LogP contribution in [0.25, 0.3) is 10.1 Å². The Balaban J connectivity index is 1.34. The number of hydrogen-bond acceptors (Lipinski definition) is 5. The molecule has 2 aromatic rings. The third-order valence-corrected chi connectivity index (χ3v) is 10.3. The highest BCUT2D eigenvalue weighted by atomic mass is 32.1. The van der Waals surface area contributed by atoms with Gasteiger partial charge in [-0.25, -0.2) is 9.18 Å². The molecule has 38 heavy (non-hydrogen) atoms. The molecule has 1 aromatic heterocycles. The minimum Gasteiger partial charge on any atom is -0.477 e. The number of nitrogens with zero attached hydrogens (tertiary/aromatic N) is 1. The number of benzene rings is 1. The molecule has 3 fully saturated rings. The van der Waals surface area contributed by atoms with E-state index in [0.717, 1.165) is 42.2 Å². The molecule has 0 bridgehead atoms. The number of amides is 2. The molecule has 7 nitrogen and oxygen atoms in total. The lowest BCUT2D eigenvalue weighted by molar-refractivity contribution is -0.142. The summed E-state index contributed by atoms with van der Waals surface area (Å²) in [6, 6.07) is 6.10. The molecule has 0 radical (unpaired) electrons. The van der Waals surface area contributed by atoms with Crippen molar-refractivity contribution in [2.75, 3.05) is 18.5 Å². The van der Waals surface area contributed by atoms with Gasteiger partial charge in [-0.05, 0) is 79.5 Å². The Morgan fingerprint density at radius 2 is 1.79 bits per heavy atom. The van der Waals surface area contributed by atoms with E-state index in [1.807, 2.05) is 17.0 Å². The van der Waals surface area contributed by atoms with Gasteiger partial charge in [-0.1, -0.05) is 32.1 Å². The molecule has 4 N–H and O–H groups in total. The summed E-state index contributed by atoms with van der Waals surface area (Å²) in [5.74, 6) is -0.525. The topological polar surface area (TPSA) is 113 Å². The Morgan fingerprint density at radius 1 is 1.05 bits per heavy atom. The zero-order valence-corrected chi connectivity index (χ0v) is 22.6. The zero-order chi connectivity index (χ0) is 26.8. The molecule has 3 aliphatic rings. The van der Waals surface area contributed by atoms with Gasteiger partial charge < -0.3 is 21.1 Å². The summed E-state index contributed by atoms with van der Waals surface area (Å²) in [6.07, 6.45) is 9.48. The van der Waals surface area contributed by atoms with Crippen LogP contribution in [0.2, 0.25) is 0 Å². The second-order valence-electron chi connectivity index (χ2n) is 11.4. The fraction of sp³-hybridized carbons (Fsp3) is 0.621. The summed E-state index contributed by atoms with van der Waals surface area (Å²) in [4.78, 5) is 41.1. The molecular formula is C29H38FN3O4S. The highest BCUT2D eigenvalue weighted by Crippen LogP contribution is 2.41. The summed E-state index contributed by atoms with van der Waals surface area (Å²) in [5, 5.41) is 13.2. The molecule has 0 unspecified atom stereocenters. The predicted molar refractivity (Wildman–Crippen MR) is 147 cm³/mol. The number of carbonyl (C=O) groups is 3. The monoisotopic (exact) mass is 543 g/mol. The van der Waals surface area contributed by atoms with Crippen LogP contribution in [0.15, 0.2) is 24.3 Å². The molecular weight excluding hydrogens is 505 g/mol. The average molecular weight is 544 g/mol. The quantitative estimate of drug-likeness (QED) is 0.431. The lowest BCUT2D eigenvalue weighted by Crippen LogP contribution is -2.50. The van der Waals surface area contributed by atoms with Crippen molar-refractivity contribution in [2.24, 2.45) is 29.4 Å². The Hall–Kier alpha value is -2.52. The van der Waals surface area contributed by atoms with E-state index in [4.69, 9.17) is 5.73 Å². The highest BCUT2D eigenvalue weighted by molar-refractivity contribution is 7.20. The van der Waals surface area contributed by atoms with Crippen LogP contribution in [0.5, 0.6) is 0 Å². The van der Waals surface area contributed by atoms with Crippen LogP contribution in [0, 0.1) is 23.7 Å². The molecule has 2 amide bonds. The van der Waals surface area contributed by atoms with Gasteiger partial charge in [-0.3, -0.25) is 9.59 Å². The molecule has 206 valence electrons. The summed E-state index contributed by atoms with van der Waals surface area (Å²) in [5.41, 5.74) is 6.54. The molecule has 0 spiro atoms. The highest BCUT2D eigenvalue weighted by Gasteiger charge is 2.47. The second kappa shape index (κ2) is 11.7. The number of alkyl halides is 1. The lowest BCUT2D eigenvalue weighted by atomic mass is 9.76. The number of nitrogens with one attached hydrogen (secondary N) is 1. The number of rotatable bonds is 7.